The molecule has 0 N–H and O–H groups in total. The van der Waals surface area contributed by atoms with Gasteiger partial charge in [-0.2, -0.15) is 78.5 Å². The molecule has 0 bridgehead atoms. The van der Waals surface area contributed by atoms with Crippen molar-refractivity contribution >= 4 is 10.1 Å². The molecule has 0 atom stereocenters. The molecular formula is C8H2F16O3S. The Bertz CT molecular complexity index is 676. The molecule has 0 saturated heterocycles. The predicted octanol–water partition coefficient (Wildman–Crippen LogP) is 4.59. The number of halogens is 16. The second-order valence-electron chi connectivity index (χ2n) is 4.63. The molecule has 0 aliphatic heterocycles. The maximum atomic E-state index is 13.0. The summed E-state index contributed by atoms with van der Waals surface area (Å²) in [5, 5.41) is -8.02. The Balaban J connectivity index is 6.35. The minimum Gasteiger partial charge on any atom is -0.244 e. The molecule has 0 aliphatic carbocycles. The van der Waals surface area contributed by atoms with Gasteiger partial charge in [0, 0.05) is 0 Å². The molecule has 0 radical (unpaired) electrons. The summed E-state index contributed by atoms with van der Waals surface area (Å²) in [5.41, 5.74) is 0. The molecule has 0 rings (SSSR count). The summed E-state index contributed by atoms with van der Waals surface area (Å²) in [6.07, 6.45) is -15.1. The highest BCUT2D eigenvalue weighted by Gasteiger charge is 2.87. The van der Waals surface area contributed by atoms with Crippen LogP contribution in [0.2, 0.25) is 0 Å². The summed E-state index contributed by atoms with van der Waals surface area (Å²) in [6, 6.07) is 0. The second kappa shape index (κ2) is 6.66. The third-order valence-corrected chi connectivity index (χ3v) is 3.95. The van der Waals surface area contributed by atoms with Crippen molar-refractivity contribution in [3.63, 3.8) is 0 Å². The Labute approximate surface area is 142 Å². The van der Waals surface area contributed by atoms with E-state index in [1.165, 1.54) is 4.18 Å². The van der Waals surface area contributed by atoms with Crippen LogP contribution in [0.4, 0.5) is 70.2 Å². The van der Waals surface area contributed by atoms with Crippen LogP contribution in [0.15, 0.2) is 0 Å². The molecule has 0 aromatic rings. The first-order valence-corrected chi connectivity index (χ1v) is 7.02. The molecule has 0 unspecified atom stereocenters. The average molecular weight is 482 g/mol. The molecule has 0 heterocycles. The van der Waals surface area contributed by atoms with Crippen molar-refractivity contribution in [3.8, 4) is 0 Å². The lowest BCUT2D eigenvalue weighted by Crippen LogP contribution is -2.65. The van der Waals surface area contributed by atoms with Gasteiger partial charge in [0.05, 0.1) is 0 Å². The van der Waals surface area contributed by atoms with Gasteiger partial charge in [0.15, 0.2) is 6.67 Å². The second-order valence-corrected chi connectivity index (χ2v) is 6.22. The lowest BCUT2D eigenvalue weighted by atomic mass is 10.1. The van der Waals surface area contributed by atoms with Gasteiger partial charge < -0.3 is 0 Å². The van der Waals surface area contributed by atoms with Gasteiger partial charge in [-0.3, -0.25) is 0 Å². The lowest BCUT2D eigenvalue weighted by Gasteiger charge is -2.34. The molecule has 0 spiro atoms. The number of hydrogen-bond acceptors (Lipinski definition) is 3. The molecule has 0 aliphatic rings. The zero-order valence-electron chi connectivity index (χ0n) is 11.9. The topological polar surface area (TPSA) is 43.4 Å². The first kappa shape index (κ1) is 26.8. The van der Waals surface area contributed by atoms with Crippen LogP contribution >= 0.6 is 0 Å². The Morgan fingerprint density at radius 1 is 0.607 bits per heavy atom. The fourth-order valence-corrected chi connectivity index (χ4v) is 1.98. The van der Waals surface area contributed by atoms with Crippen molar-refractivity contribution in [2.45, 2.75) is 41.2 Å². The molecule has 0 saturated carbocycles. The van der Waals surface area contributed by atoms with Crippen LogP contribution in [0.5, 0.6) is 0 Å². The van der Waals surface area contributed by atoms with Crippen LogP contribution in [0.3, 0.4) is 0 Å². The van der Waals surface area contributed by atoms with Gasteiger partial charge in [0.25, 0.3) is 0 Å². The maximum Gasteiger partial charge on any atom is 0.460 e. The van der Waals surface area contributed by atoms with Gasteiger partial charge in [-0.15, -0.1) is 0 Å². The lowest BCUT2D eigenvalue weighted by molar-refractivity contribution is -0.389. The zero-order valence-corrected chi connectivity index (χ0v) is 12.7. The zero-order chi connectivity index (χ0) is 23.4. The van der Waals surface area contributed by atoms with Gasteiger partial charge in [-0.05, 0) is 0 Å². The molecule has 0 aromatic carbocycles. The Morgan fingerprint density at radius 3 is 1.25 bits per heavy atom. The molecule has 20 heteroatoms. The average Bonchev–Trinajstić information content (AvgIpc) is 2.43. The molecule has 170 valence electrons. The molecule has 0 amide bonds. The first-order chi connectivity index (χ1) is 11.8. The van der Waals surface area contributed by atoms with E-state index in [0.29, 0.717) is 0 Å². The van der Waals surface area contributed by atoms with Crippen molar-refractivity contribution in [2.24, 2.45) is 0 Å². The summed E-state index contributed by atoms with van der Waals surface area (Å²) in [5.74, 6) is -30.1. The van der Waals surface area contributed by atoms with Crippen LogP contribution < -0.4 is 0 Å². The number of alkyl halides is 16. The van der Waals surface area contributed by atoms with E-state index in [0.717, 1.165) is 0 Å². The minimum atomic E-state index is -8.62. The Kier molecular flexibility index (Phi) is 6.37. The van der Waals surface area contributed by atoms with E-state index in [1.54, 1.807) is 0 Å². The van der Waals surface area contributed by atoms with Crippen LogP contribution in [-0.2, 0) is 14.3 Å². The standard InChI is InChI=1S/C8H2F16O3S/c9-1-2(10,11)3(12,13)7(21,22)27-28(25,26)8(23,24)5(16,17)4(14,15)6(18,19)20/h1H2. The van der Waals surface area contributed by atoms with E-state index in [2.05, 4.69) is 0 Å². The quantitative estimate of drug-likeness (QED) is 0.376. The molecule has 28 heavy (non-hydrogen) atoms. The monoisotopic (exact) mass is 482 g/mol. The van der Waals surface area contributed by atoms with Crippen molar-refractivity contribution in [1.29, 1.82) is 0 Å². The van der Waals surface area contributed by atoms with Crippen molar-refractivity contribution in [2.75, 3.05) is 6.67 Å². The third-order valence-electron chi connectivity index (χ3n) is 2.64. The summed E-state index contributed by atoms with van der Waals surface area (Å²) in [4.78, 5) is 0. The third kappa shape index (κ3) is 3.67. The fourth-order valence-electron chi connectivity index (χ4n) is 1.06. The normalized spacial score (nSPS) is 16.4. The first-order valence-electron chi connectivity index (χ1n) is 5.61. The van der Waals surface area contributed by atoms with Crippen LogP contribution in [0.25, 0.3) is 0 Å². The van der Waals surface area contributed by atoms with Crippen LogP contribution in [0.1, 0.15) is 0 Å². The summed E-state index contributed by atoms with van der Waals surface area (Å²) >= 11 is 0. The Hall–Kier alpha value is -1.21. The highest BCUT2D eigenvalue weighted by Crippen LogP contribution is 2.56. The smallest absolute Gasteiger partial charge is 0.244 e. The van der Waals surface area contributed by atoms with Crippen molar-refractivity contribution < 1.29 is 82.8 Å². The molecule has 0 aromatic heterocycles. The van der Waals surface area contributed by atoms with Gasteiger partial charge in [-0.1, -0.05) is 0 Å². The minimum absolute atomic E-state index is 1.45. The van der Waals surface area contributed by atoms with Crippen molar-refractivity contribution in [3.05, 3.63) is 0 Å². The van der Waals surface area contributed by atoms with E-state index in [4.69, 9.17) is 0 Å². The van der Waals surface area contributed by atoms with E-state index in [-0.39, 0.29) is 0 Å². The van der Waals surface area contributed by atoms with Gasteiger partial charge in [0.1, 0.15) is 0 Å². The molecule has 3 nitrogen and oxygen atoms in total. The summed E-state index contributed by atoms with van der Waals surface area (Å²) < 4.78 is 222. The maximum absolute atomic E-state index is 13.0. The summed E-state index contributed by atoms with van der Waals surface area (Å²) in [7, 11) is -8.62. The highest BCUT2D eigenvalue weighted by molar-refractivity contribution is 7.87. The van der Waals surface area contributed by atoms with Gasteiger partial charge in [-0.25, -0.2) is 4.39 Å². The number of rotatable bonds is 8. The largest absolute Gasteiger partial charge is 0.460 e. The summed E-state index contributed by atoms with van der Waals surface area (Å²) in [6.45, 7) is -3.72. The van der Waals surface area contributed by atoms with E-state index in [1.807, 2.05) is 0 Å². The van der Waals surface area contributed by atoms with E-state index in [9.17, 15) is 78.7 Å². The predicted molar refractivity (Wildman–Crippen MR) is 51.7 cm³/mol. The van der Waals surface area contributed by atoms with E-state index < -0.39 is 58.0 Å². The SMILES string of the molecule is O=S(=O)(OC(F)(F)C(F)(F)C(F)(F)CF)C(F)(F)C(F)(F)C(F)(F)C(F)(F)F. The molecular weight excluding hydrogens is 480 g/mol. The van der Waals surface area contributed by atoms with Crippen LogP contribution in [0, 0.1) is 0 Å². The van der Waals surface area contributed by atoms with E-state index >= 15 is 0 Å². The van der Waals surface area contributed by atoms with Crippen molar-refractivity contribution in [1.82, 2.24) is 0 Å². The Morgan fingerprint density at radius 2 is 0.964 bits per heavy atom. The van der Waals surface area contributed by atoms with Gasteiger partial charge >= 0.3 is 51.3 Å². The fraction of sp³-hybridized carbons (Fsp3) is 1.00. The highest BCUT2D eigenvalue weighted by atomic mass is 32.2. The molecule has 0 fully saturated rings. The van der Waals surface area contributed by atoms with Crippen LogP contribution in [-0.4, -0.2) is 56.3 Å². The van der Waals surface area contributed by atoms with Gasteiger partial charge in [0.2, 0.25) is 0 Å². The number of hydrogen-bond donors (Lipinski definition) is 0.